The standard InChI is InChI=1S/C22H21N3O2/c26-21(18-8-4-9-20(16-18)25-15-13-23-22(25)27)24-14-5-10-19(24)12-11-17-6-2-1-3-7-17/h1-4,6-9,11-13,15-16,19H,5,10,14H2,(H,23,27)/b12-11+. The van der Waals surface area contributed by atoms with Crippen LogP contribution in [0.1, 0.15) is 28.8 Å². The third kappa shape index (κ3) is 3.62. The van der Waals surface area contributed by atoms with Crippen molar-refractivity contribution >= 4 is 12.0 Å². The largest absolute Gasteiger partial charge is 0.332 e. The van der Waals surface area contributed by atoms with E-state index in [0.717, 1.165) is 24.9 Å². The van der Waals surface area contributed by atoms with E-state index in [-0.39, 0.29) is 17.6 Å². The number of carbonyl (C=O) groups is 1. The van der Waals surface area contributed by atoms with E-state index in [1.54, 1.807) is 24.5 Å². The Kier molecular flexibility index (Phi) is 4.75. The van der Waals surface area contributed by atoms with Crippen LogP contribution in [0.15, 0.2) is 77.9 Å². The highest BCUT2D eigenvalue weighted by molar-refractivity contribution is 5.95. The van der Waals surface area contributed by atoms with E-state index >= 15 is 0 Å². The molecule has 1 aromatic heterocycles. The second kappa shape index (κ2) is 7.50. The van der Waals surface area contributed by atoms with E-state index in [1.165, 1.54) is 4.57 Å². The van der Waals surface area contributed by atoms with Gasteiger partial charge in [-0.05, 0) is 36.6 Å². The number of nitrogens with zero attached hydrogens (tertiary/aromatic N) is 2. The Morgan fingerprint density at radius 2 is 1.96 bits per heavy atom. The van der Waals surface area contributed by atoms with Gasteiger partial charge < -0.3 is 9.88 Å². The van der Waals surface area contributed by atoms with Crippen LogP contribution in [0, 0.1) is 0 Å². The molecule has 1 amide bonds. The summed E-state index contributed by atoms with van der Waals surface area (Å²) in [7, 11) is 0. The molecule has 0 aliphatic carbocycles. The quantitative estimate of drug-likeness (QED) is 0.775. The van der Waals surface area contributed by atoms with Gasteiger partial charge in [0.05, 0.1) is 11.7 Å². The smallest absolute Gasteiger partial charge is 0.330 e. The molecule has 0 spiro atoms. The van der Waals surface area contributed by atoms with E-state index < -0.39 is 0 Å². The number of imidazole rings is 1. The van der Waals surface area contributed by atoms with E-state index in [0.29, 0.717) is 11.3 Å². The summed E-state index contributed by atoms with van der Waals surface area (Å²) in [6.07, 6.45) is 9.39. The first-order chi connectivity index (χ1) is 13.2. The van der Waals surface area contributed by atoms with Gasteiger partial charge in [0, 0.05) is 24.5 Å². The molecule has 5 nitrogen and oxygen atoms in total. The third-order valence-corrected chi connectivity index (χ3v) is 4.89. The lowest BCUT2D eigenvalue weighted by Crippen LogP contribution is -2.34. The van der Waals surface area contributed by atoms with Crippen molar-refractivity contribution in [3.63, 3.8) is 0 Å². The minimum Gasteiger partial charge on any atom is -0.332 e. The van der Waals surface area contributed by atoms with Gasteiger partial charge in [-0.2, -0.15) is 0 Å². The lowest BCUT2D eigenvalue weighted by molar-refractivity contribution is 0.0762. The molecule has 1 aliphatic heterocycles. The van der Waals surface area contributed by atoms with Crippen molar-refractivity contribution in [2.24, 2.45) is 0 Å². The highest BCUT2D eigenvalue weighted by Crippen LogP contribution is 2.23. The lowest BCUT2D eigenvalue weighted by atomic mass is 10.1. The predicted molar refractivity (Wildman–Crippen MR) is 106 cm³/mol. The molecule has 1 N–H and O–H groups in total. The Labute approximate surface area is 157 Å². The van der Waals surface area contributed by atoms with Crippen molar-refractivity contribution in [1.29, 1.82) is 0 Å². The van der Waals surface area contributed by atoms with Crippen molar-refractivity contribution in [2.75, 3.05) is 6.54 Å². The number of rotatable bonds is 4. The monoisotopic (exact) mass is 359 g/mol. The van der Waals surface area contributed by atoms with Crippen molar-refractivity contribution in [3.8, 4) is 5.69 Å². The molecule has 1 fully saturated rings. The van der Waals surface area contributed by atoms with Crippen LogP contribution >= 0.6 is 0 Å². The fraction of sp³-hybridized carbons (Fsp3) is 0.182. The van der Waals surface area contributed by atoms with E-state index in [2.05, 4.69) is 29.3 Å². The molecule has 27 heavy (non-hydrogen) atoms. The minimum atomic E-state index is -0.218. The molecule has 3 aromatic rings. The predicted octanol–water partition coefficient (Wildman–Crippen LogP) is 3.48. The molecule has 136 valence electrons. The van der Waals surface area contributed by atoms with Gasteiger partial charge in [0.2, 0.25) is 0 Å². The lowest BCUT2D eigenvalue weighted by Gasteiger charge is -2.22. The number of amides is 1. The minimum absolute atomic E-state index is 0.000598. The first-order valence-corrected chi connectivity index (χ1v) is 9.13. The van der Waals surface area contributed by atoms with Crippen LogP contribution in [0.5, 0.6) is 0 Å². The second-order valence-electron chi connectivity index (χ2n) is 6.66. The van der Waals surface area contributed by atoms with Gasteiger partial charge in [-0.3, -0.25) is 9.36 Å². The Bertz CT molecular complexity index is 1020. The first-order valence-electron chi connectivity index (χ1n) is 9.13. The van der Waals surface area contributed by atoms with Crippen molar-refractivity contribution < 1.29 is 4.79 Å². The van der Waals surface area contributed by atoms with Crippen LogP contribution in [0.2, 0.25) is 0 Å². The Morgan fingerprint density at radius 1 is 1.11 bits per heavy atom. The Hall–Kier alpha value is -3.34. The SMILES string of the molecule is O=C(c1cccc(-n2cc[nH]c2=O)c1)N1CCCC1/C=C/c1ccccc1. The van der Waals surface area contributed by atoms with E-state index in [1.807, 2.05) is 35.2 Å². The zero-order valence-corrected chi connectivity index (χ0v) is 14.9. The molecular weight excluding hydrogens is 338 g/mol. The number of aromatic amines is 1. The van der Waals surface area contributed by atoms with Crippen molar-refractivity contribution in [1.82, 2.24) is 14.5 Å². The number of likely N-dealkylation sites (tertiary alicyclic amines) is 1. The van der Waals surface area contributed by atoms with Gasteiger partial charge in [0.1, 0.15) is 0 Å². The summed E-state index contributed by atoms with van der Waals surface area (Å²) < 4.78 is 1.49. The molecule has 1 aliphatic rings. The summed E-state index contributed by atoms with van der Waals surface area (Å²) in [5.41, 5.74) is 2.19. The number of aromatic nitrogens is 2. The number of hydrogen-bond donors (Lipinski definition) is 1. The van der Waals surface area contributed by atoms with E-state index in [4.69, 9.17) is 0 Å². The fourth-order valence-electron chi connectivity index (χ4n) is 3.51. The zero-order chi connectivity index (χ0) is 18.6. The van der Waals surface area contributed by atoms with Crippen molar-refractivity contribution in [2.45, 2.75) is 18.9 Å². The molecule has 0 saturated carbocycles. The van der Waals surface area contributed by atoms with Gasteiger partial charge in [-0.25, -0.2) is 4.79 Å². The summed E-state index contributed by atoms with van der Waals surface area (Å²) in [4.78, 5) is 29.4. The average Bonchev–Trinajstić information content (AvgIpc) is 3.35. The number of H-pyrrole nitrogens is 1. The number of carbonyl (C=O) groups excluding carboxylic acids is 1. The second-order valence-corrected chi connectivity index (χ2v) is 6.66. The van der Waals surface area contributed by atoms with Crippen LogP contribution < -0.4 is 5.69 Å². The number of benzene rings is 2. The molecule has 0 radical (unpaired) electrons. The maximum atomic E-state index is 13.1. The Morgan fingerprint density at radius 3 is 2.74 bits per heavy atom. The molecule has 5 heteroatoms. The summed E-state index contributed by atoms with van der Waals surface area (Å²) in [6.45, 7) is 0.747. The first kappa shape index (κ1) is 17.1. The van der Waals surface area contributed by atoms with Gasteiger partial charge in [-0.15, -0.1) is 0 Å². The van der Waals surface area contributed by atoms with Gasteiger partial charge in [-0.1, -0.05) is 48.6 Å². The molecular formula is C22H21N3O2. The molecule has 1 unspecified atom stereocenters. The van der Waals surface area contributed by atoms with Crippen LogP contribution in [-0.4, -0.2) is 32.9 Å². The molecule has 2 aromatic carbocycles. The molecule has 2 heterocycles. The number of nitrogens with one attached hydrogen (secondary N) is 1. The fourth-order valence-corrected chi connectivity index (χ4v) is 3.51. The van der Waals surface area contributed by atoms with Crippen molar-refractivity contribution in [3.05, 3.63) is 94.7 Å². The summed E-state index contributed by atoms with van der Waals surface area (Å²) in [5.74, 6) is 0.000598. The molecule has 4 rings (SSSR count). The highest BCUT2D eigenvalue weighted by Gasteiger charge is 2.27. The van der Waals surface area contributed by atoms with Crippen LogP contribution in [0.4, 0.5) is 0 Å². The van der Waals surface area contributed by atoms with Gasteiger partial charge in [0.15, 0.2) is 0 Å². The topological polar surface area (TPSA) is 58.1 Å². The van der Waals surface area contributed by atoms with Crippen LogP contribution in [-0.2, 0) is 0 Å². The molecule has 1 atom stereocenters. The van der Waals surface area contributed by atoms with Gasteiger partial charge in [0.25, 0.3) is 5.91 Å². The van der Waals surface area contributed by atoms with Crippen LogP contribution in [0.3, 0.4) is 0 Å². The molecule has 0 bridgehead atoms. The zero-order valence-electron chi connectivity index (χ0n) is 14.9. The normalized spacial score (nSPS) is 16.9. The number of hydrogen-bond acceptors (Lipinski definition) is 2. The summed E-state index contributed by atoms with van der Waals surface area (Å²) in [5, 5.41) is 0. The highest BCUT2D eigenvalue weighted by atomic mass is 16.2. The maximum Gasteiger partial charge on any atom is 0.330 e. The van der Waals surface area contributed by atoms with Crippen LogP contribution in [0.25, 0.3) is 11.8 Å². The van der Waals surface area contributed by atoms with Gasteiger partial charge >= 0.3 is 5.69 Å². The average molecular weight is 359 g/mol. The Balaban J connectivity index is 1.56. The molecule has 1 saturated heterocycles. The summed E-state index contributed by atoms with van der Waals surface area (Å²) in [6, 6.07) is 17.4. The van der Waals surface area contributed by atoms with E-state index in [9.17, 15) is 9.59 Å². The maximum absolute atomic E-state index is 13.1. The summed E-state index contributed by atoms with van der Waals surface area (Å²) >= 11 is 0. The third-order valence-electron chi connectivity index (χ3n) is 4.89.